The standard InChI is InChI=1S/C13H23N3O2/c1-2-8-17-10-12-15-13(18-16-12)6-5-11-4-3-7-14-9-11/h11,14H,2-10H2,1H3. The summed E-state index contributed by atoms with van der Waals surface area (Å²) in [5.74, 6) is 2.17. The van der Waals surface area contributed by atoms with Crippen LogP contribution in [-0.2, 0) is 17.8 Å². The molecule has 1 aliphatic heterocycles. The molecule has 1 aliphatic rings. The fraction of sp³-hybridized carbons (Fsp3) is 0.846. The van der Waals surface area contributed by atoms with Gasteiger partial charge >= 0.3 is 0 Å². The Labute approximate surface area is 108 Å². The van der Waals surface area contributed by atoms with E-state index in [4.69, 9.17) is 9.26 Å². The van der Waals surface area contributed by atoms with Crippen molar-refractivity contribution in [1.82, 2.24) is 15.5 Å². The van der Waals surface area contributed by atoms with E-state index in [1.165, 1.54) is 12.8 Å². The third-order valence-corrected chi connectivity index (χ3v) is 3.26. The summed E-state index contributed by atoms with van der Waals surface area (Å²) in [6.07, 6.45) is 5.62. The second-order valence-electron chi connectivity index (χ2n) is 4.91. The molecule has 1 atom stereocenters. The van der Waals surface area contributed by atoms with Crippen molar-refractivity contribution in [2.45, 2.75) is 45.6 Å². The van der Waals surface area contributed by atoms with Crippen LogP contribution < -0.4 is 5.32 Å². The highest BCUT2D eigenvalue weighted by atomic mass is 16.5. The normalized spacial score (nSPS) is 20.2. The number of aromatic nitrogens is 2. The molecule has 1 aromatic rings. The van der Waals surface area contributed by atoms with Gasteiger partial charge in [-0.1, -0.05) is 12.1 Å². The quantitative estimate of drug-likeness (QED) is 0.752. The lowest BCUT2D eigenvalue weighted by Gasteiger charge is -2.21. The Balaban J connectivity index is 1.69. The lowest BCUT2D eigenvalue weighted by Crippen LogP contribution is -2.29. The fourth-order valence-corrected chi connectivity index (χ4v) is 2.26. The van der Waals surface area contributed by atoms with Gasteiger partial charge in [-0.2, -0.15) is 4.98 Å². The average molecular weight is 253 g/mol. The largest absolute Gasteiger partial charge is 0.373 e. The molecule has 1 aromatic heterocycles. The van der Waals surface area contributed by atoms with E-state index in [1.54, 1.807) is 0 Å². The van der Waals surface area contributed by atoms with Gasteiger partial charge in [-0.15, -0.1) is 0 Å². The number of piperidine rings is 1. The van der Waals surface area contributed by atoms with Crippen LogP contribution in [0.1, 0.15) is 44.3 Å². The van der Waals surface area contributed by atoms with E-state index < -0.39 is 0 Å². The molecule has 0 spiro atoms. The minimum Gasteiger partial charge on any atom is -0.373 e. The molecule has 18 heavy (non-hydrogen) atoms. The van der Waals surface area contributed by atoms with E-state index in [0.29, 0.717) is 12.4 Å². The zero-order valence-electron chi connectivity index (χ0n) is 11.2. The summed E-state index contributed by atoms with van der Waals surface area (Å²) >= 11 is 0. The molecule has 2 rings (SSSR count). The van der Waals surface area contributed by atoms with Crippen LogP contribution >= 0.6 is 0 Å². The summed E-state index contributed by atoms with van der Waals surface area (Å²) in [6, 6.07) is 0. The molecule has 0 aliphatic carbocycles. The molecule has 2 heterocycles. The average Bonchev–Trinajstić information content (AvgIpc) is 2.86. The Kier molecular flexibility index (Phi) is 5.61. The molecule has 102 valence electrons. The molecule has 0 aromatic carbocycles. The van der Waals surface area contributed by atoms with Crippen molar-refractivity contribution < 1.29 is 9.26 Å². The van der Waals surface area contributed by atoms with Gasteiger partial charge in [0, 0.05) is 13.0 Å². The molecule has 0 saturated carbocycles. The Morgan fingerprint density at radius 2 is 2.44 bits per heavy atom. The van der Waals surface area contributed by atoms with Crippen molar-refractivity contribution in [3.8, 4) is 0 Å². The SMILES string of the molecule is CCCOCc1noc(CCC2CCCNC2)n1. The summed E-state index contributed by atoms with van der Waals surface area (Å²) < 4.78 is 10.6. The van der Waals surface area contributed by atoms with E-state index in [9.17, 15) is 0 Å². The summed E-state index contributed by atoms with van der Waals surface area (Å²) in [5.41, 5.74) is 0. The van der Waals surface area contributed by atoms with Gasteiger partial charge in [0.1, 0.15) is 6.61 Å². The molecule has 5 nitrogen and oxygen atoms in total. The molecule has 1 N–H and O–H groups in total. The Morgan fingerprint density at radius 1 is 1.50 bits per heavy atom. The highest BCUT2D eigenvalue weighted by Crippen LogP contribution is 2.16. The smallest absolute Gasteiger partial charge is 0.226 e. The lowest BCUT2D eigenvalue weighted by atomic mass is 9.95. The predicted octanol–water partition coefficient (Wildman–Crippen LogP) is 1.93. The van der Waals surface area contributed by atoms with E-state index in [2.05, 4.69) is 22.4 Å². The van der Waals surface area contributed by atoms with Crippen LogP contribution in [0.5, 0.6) is 0 Å². The van der Waals surface area contributed by atoms with Crippen LogP contribution in [0, 0.1) is 5.92 Å². The van der Waals surface area contributed by atoms with Crippen molar-refractivity contribution in [2.75, 3.05) is 19.7 Å². The van der Waals surface area contributed by atoms with Gasteiger partial charge in [0.05, 0.1) is 0 Å². The van der Waals surface area contributed by atoms with Gasteiger partial charge in [0.15, 0.2) is 5.82 Å². The summed E-state index contributed by atoms with van der Waals surface area (Å²) in [5, 5.41) is 7.35. The van der Waals surface area contributed by atoms with E-state index in [1.807, 2.05) is 0 Å². The summed E-state index contributed by atoms with van der Waals surface area (Å²) in [4.78, 5) is 4.34. The van der Waals surface area contributed by atoms with E-state index in [-0.39, 0.29) is 0 Å². The van der Waals surface area contributed by atoms with Gasteiger partial charge < -0.3 is 14.6 Å². The molecule has 0 amide bonds. The van der Waals surface area contributed by atoms with Crippen LogP contribution in [0.3, 0.4) is 0 Å². The fourth-order valence-electron chi connectivity index (χ4n) is 2.26. The molecular formula is C13H23N3O2. The lowest BCUT2D eigenvalue weighted by molar-refractivity contribution is 0.114. The molecule has 0 bridgehead atoms. The van der Waals surface area contributed by atoms with Gasteiger partial charge in [-0.3, -0.25) is 0 Å². The molecule has 1 saturated heterocycles. The zero-order valence-corrected chi connectivity index (χ0v) is 11.2. The third-order valence-electron chi connectivity index (χ3n) is 3.26. The maximum atomic E-state index is 5.38. The number of rotatable bonds is 7. The van der Waals surface area contributed by atoms with Crippen LogP contribution in [-0.4, -0.2) is 29.8 Å². The number of hydrogen-bond donors (Lipinski definition) is 1. The molecule has 1 fully saturated rings. The number of hydrogen-bond acceptors (Lipinski definition) is 5. The van der Waals surface area contributed by atoms with Crippen LogP contribution in [0.4, 0.5) is 0 Å². The van der Waals surface area contributed by atoms with Crippen LogP contribution in [0.2, 0.25) is 0 Å². The number of ether oxygens (including phenoxy) is 1. The monoisotopic (exact) mass is 253 g/mol. The van der Waals surface area contributed by atoms with E-state index in [0.717, 1.165) is 50.8 Å². The van der Waals surface area contributed by atoms with Gasteiger partial charge in [0.2, 0.25) is 5.89 Å². The molecule has 1 unspecified atom stereocenters. The zero-order chi connectivity index (χ0) is 12.6. The first kappa shape index (κ1) is 13.5. The van der Waals surface area contributed by atoms with Crippen LogP contribution in [0.25, 0.3) is 0 Å². The van der Waals surface area contributed by atoms with Crippen molar-refractivity contribution in [2.24, 2.45) is 5.92 Å². The van der Waals surface area contributed by atoms with Gasteiger partial charge in [-0.25, -0.2) is 0 Å². The van der Waals surface area contributed by atoms with Gasteiger partial charge in [-0.05, 0) is 44.7 Å². The summed E-state index contributed by atoms with van der Waals surface area (Å²) in [6.45, 7) is 5.58. The van der Waals surface area contributed by atoms with Crippen molar-refractivity contribution in [1.29, 1.82) is 0 Å². The van der Waals surface area contributed by atoms with Crippen molar-refractivity contribution in [3.05, 3.63) is 11.7 Å². The Bertz CT molecular complexity index is 335. The maximum absolute atomic E-state index is 5.38. The minimum absolute atomic E-state index is 0.461. The van der Waals surface area contributed by atoms with E-state index >= 15 is 0 Å². The first-order valence-electron chi connectivity index (χ1n) is 6.98. The third kappa shape index (κ3) is 4.38. The summed E-state index contributed by atoms with van der Waals surface area (Å²) in [7, 11) is 0. The predicted molar refractivity (Wildman–Crippen MR) is 68.2 cm³/mol. The van der Waals surface area contributed by atoms with Crippen molar-refractivity contribution in [3.63, 3.8) is 0 Å². The topological polar surface area (TPSA) is 60.2 Å². The molecular weight excluding hydrogens is 230 g/mol. The van der Waals surface area contributed by atoms with Gasteiger partial charge in [0.25, 0.3) is 0 Å². The number of aryl methyl sites for hydroxylation is 1. The highest BCUT2D eigenvalue weighted by molar-refractivity contribution is 4.85. The molecule has 5 heteroatoms. The number of nitrogens with zero attached hydrogens (tertiary/aromatic N) is 2. The maximum Gasteiger partial charge on any atom is 0.226 e. The van der Waals surface area contributed by atoms with Crippen molar-refractivity contribution >= 4 is 0 Å². The Hall–Kier alpha value is -0.940. The highest BCUT2D eigenvalue weighted by Gasteiger charge is 2.14. The second-order valence-corrected chi connectivity index (χ2v) is 4.91. The van der Waals surface area contributed by atoms with Crippen LogP contribution in [0.15, 0.2) is 4.52 Å². The minimum atomic E-state index is 0.461. The number of nitrogens with one attached hydrogen (secondary N) is 1. The first-order chi connectivity index (χ1) is 8.88. The molecule has 0 radical (unpaired) electrons. The Morgan fingerprint density at radius 3 is 3.22 bits per heavy atom. The second kappa shape index (κ2) is 7.48. The first-order valence-corrected chi connectivity index (χ1v) is 6.98.